The summed E-state index contributed by atoms with van der Waals surface area (Å²) in [6, 6.07) is 9.75. The SMILES string of the molecule is O=C(NO[C@H]1CCCCO1)c1cc2c(s1)-c1ccccc1OC2. The van der Waals surface area contributed by atoms with E-state index in [2.05, 4.69) is 5.48 Å². The highest BCUT2D eigenvalue weighted by Gasteiger charge is 2.23. The van der Waals surface area contributed by atoms with E-state index in [0.29, 0.717) is 18.1 Å². The van der Waals surface area contributed by atoms with E-state index in [4.69, 9.17) is 14.3 Å². The maximum absolute atomic E-state index is 12.3. The molecule has 1 fully saturated rings. The Kier molecular flexibility index (Phi) is 4.03. The molecule has 3 heterocycles. The number of rotatable bonds is 3. The highest BCUT2D eigenvalue weighted by Crippen LogP contribution is 2.42. The van der Waals surface area contributed by atoms with Crippen LogP contribution in [0, 0.1) is 0 Å². The van der Waals surface area contributed by atoms with Crippen LogP contribution in [0.15, 0.2) is 30.3 Å². The van der Waals surface area contributed by atoms with E-state index in [1.54, 1.807) is 0 Å². The Balaban J connectivity index is 1.48. The molecule has 6 heteroatoms. The topological polar surface area (TPSA) is 56.8 Å². The fraction of sp³-hybridized carbons (Fsp3) is 0.353. The lowest BCUT2D eigenvalue weighted by Gasteiger charge is -2.21. The zero-order valence-corrected chi connectivity index (χ0v) is 13.4. The molecule has 1 saturated heterocycles. The van der Waals surface area contributed by atoms with Gasteiger partial charge in [-0.1, -0.05) is 12.1 Å². The number of carbonyl (C=O) groups is 1. The number of para-hydroxylation sites is 1. The van der Waals surface area contributed by atoms with E-state index in [-0.39, 0.29) is 12.2 Å². The van der Waals surface area contributed by atoms with Crippen LogP contribution >= 0.6 is 11.3 Å². The van der Waals surface area contributed by atoms with Crippen molar-refractivity contribution in [2.45, 2.75) is 32.2 Å². The van der Waals surface area contributed by atoms with Gasteiger partial charge in [0.2, 0.25) is 0 Å². The van der Waals surface area contributed by atoms with Crippen LogP contribution in [0.3, 0.4) is 0 Å². The average Bonchev–Trinajstić information content (AvgIpc) is 3.05. The molecule has 2 aliphatic heterocycles. The lowest BCUT2D eigenvalue weighted by molar-refractivity contribution is -0.186. The molecule has 0 unspecified atom stereocenters. The zero-order valence-electron chi connectivity index (χ0n) is 12.5. The minimum atomic E-state index is -0.341. The molecular formula is C17H17NO4S. The fourth-order valence-corrected chi connectivity index (χ4v) is 3.87. The number of nitrogens with one attached hydrogen (secondary N) is 1. The molecule has 1 aromatic carbocycles. The van der Waals surface area contributed by atoms with Gasteiger partial charge in [-0.15, -0.1) is 11.3 Å². The van der Waals surface area contributed by atoms with Gasteiger partial charge in [0.25, 0.3) is 5.91 Å². The minimum Gasteiger partial charge on any atom is -0.488 e. The van der Waals surface area contributed by atoms with Gasteiger partial charge in [-0.3, -0.25) is 4.79 Å². The van der Waals surface area contributed by atoms with Crippen molar-refractivity contribution in [3.63, 3.8) is 0 Å². The van der Waals surface area contributed by atoms with Gasteiger partial charge < -0.3 is 9.47 Å². The second-order valence-corrected chi connectivity index (χ2v) is 6.65. The third kappa shape index (κ3) is 2.97. The predicted molar refractivity (Wildman–Crippen MR) is 86.2 cm³/mol. The summed E-state index contributed by atoms with van der Waals surface area (Å²) in [4.78, 5) is 19.4. The molecule has 4 rings (SSSR count). The van der Waals surface area contributed by atoms with Gasteiger partial charge in [0.15, 0.2) is 6.29 Å². The second kappa shape index (κ2) is 6.31. The molecule has 2 aliphatic rings. The summed E-state index contributed by atoms with van der Waals surface area (Å²) in [5.41, 5.74) is 4.58. The van der Waals surface area contributed by atoms with Crippen LogP contribution in [0.2, 0.25) is 0 Å². The predicted octanol–water partition coefficient (Wildman–Crippen LogP) is 3.50. The van der Waals surface area contributed by atoms with Crippen LogP contribution in [0.25, 0.3) is 10.4 Å². The Morgan fingerprint density at radius 2 is 2.22 bits per heavy atom. The molecule has 5 nitrogen and oxygen atoms in total. The largest absolute Gasteiger partial charge is 0.488 e. The molecule has 0 bridgehead atoms. The van der Waals surface area contributed by atoms with Gasteiger partial charge in [0, 0.05) is 29.0 Å². The first-order valence-electron chi connectivity index (χ1n) is 7.74. The first-order valence-corrected chi connectivity index (χ1v) is 8.55. The summed E-state index contributed by atoms with van der Waals surface area (Å²) in [6.07, 6.45) is 2.57. The Bertz CT molecular complexity index is 721. The molecule has 1 aromatic heterocycles. The van der Waals surface area contributed by atoms with Crippen molar-refractivity contribution in [1.82, 2.24) is 5.48 Å². The lowest BCUT2D eigenvalue weighted by Crippen LogP contribution is -2.32. The van der Waals surface area contributed by atoms with E-state index >= 15 is 0 Å². The minimum absolute atomic E-state index is 0.240. The summed E-state index contributed by atoms with van der Waals surface area (Å²) in [7, 11) is 0. The zero-order chi connectivity index (χ0) is 15.6. The van der Waals surface area contributed by atoms with Crippen LogP contribution in [0.1, 0.15) is 34.5 Å². The molecule has 0 radical (unpaired) electrons. The first kappa shape index (κ1) is 14.7. The van der Waals surface area contributed by atoms with Crippen molar-refractivity contribution in [3.8, 4) is 16.2 Å². The van der Waals surface area contributed by atoms with Gasteiger partial charge >= 0.3 is 0 Å². The maximum Gasteiger partial charge on any atom is 0.285 e. The third-order valence-corrected chi connectivity index (χ3v) is 5.18. The summed E-state index contributed by atoms with van der Waals surface area (Å²) >= 11 is 1.46. The summed E-state index contributed by atoms with van der Waals surface area (Å²) in [5.74, 6) is 0.622. The number of thiophene rings is 1. The van der Waals surface area contributed by atoms with Crippen LogP contribution in [0.4, 0.5) is 0 Å². The second-order valence-electron chi connectivity index (χ2n) is 5.60. The highest BCUT2D eigenvalue weighted by atomic mass is 32.1. The van der Waals surface area contributed by atoms with Crippen molar-refractivity contribution >= 4 is 17.2 Å². The monoisotopic (exact) mass is 331 g/mol. The Labute approximate surface area is 138 Å². The van der Waals surface area contributed by atoms with Gasteiger partial charge in [0.05, 0.1) is 4.88 Å². The smallest absolute Gasteiger partial charge is 0.285 e. The summed E-state index contributed by atoms with van der Waals surface area (Å²) in [5, 5.41) is 0. The van der Waals surface area contributed by atoms with Crippen molar-refractivity contribution in [2.24, 2.45) is 0 Å². The number of carbonyl (C=O) groups excluding carboxylic acids is 1. The molecule has 1 N–H and O–H groups in total. The molecule has 0 spiro atoms. The lowest BCUT2D eigenvalue weighted by atomic mass is 10.1. The number of fused-ring (bicyclic) bond motifs is 3. The number of hydrogen-bond acceptors (Lipinski definition) is 5. The highest BCUT2D eigenvalue weighted by molar-refractivity contribution is 7.17. The number of amides is 1. The van der Waals surface area contributed by atoms with Crippen LogP contribution in [-0.4, -0.2) is 18.8 Å². The van der Waals surface area contributed by atoms with Crippen molar-refractivity contribution < 1.29 is 19.1 Å². The number of ether oxygens (including phenoxy) is 2. The van der Waals surface area contributed by atoms with E-state index in [1.165, 1.54) is 11.3 Å². The molecule has 23 heavy (non-hydrogen) atoms. The maximum atomic E-state index is 12.3. The molecular weight excluding hydrogens is 314 g/mol. The van der Waals surface area contributed by atoms with Crippen LogP contribution in [0.5, 0.6) is 5.75 Å². The molecule has 0 saturated carbocycles. The van der Waals surface area contributed by atoms with Crippen molar-refractivity contribution in [3.05, 3.63) is 40.8 Å². The Morgan fingerprint density at radius 3 is 3.09 bits per heavy atom. The molecule has 0 aliphatic carbocycles. The quantitative estimate of drug-likeness (QED) is 0.875. The van der Waals surface area contributed by atoms with Gasteiger partial charge in [-0.2, -0.15) is 0 Å². The van der Waals surface area contributed by atoms with E-state index in [1.807, 2.05) is 30.3 Å². The molecule has 120 valence electrons. The molecule has 1 atom stereocenters. The first-order chi connectivity index (χ1) is 11.3. The van der Waals surface area contributed by atoms with E-state index in [9.17, 15) is 4.79 Å². The number of hydroxylamine groups is 1. The van der Waals surface area contributed by atoms with Gasteiger partial charge in [-0.25, -0.2) is 10.3 Å². The normalized spacial score (nSPS) is 19.4. The third-order valence-electron chi connectivity index (χ3n) is 3.97. The average molecular weight is 331 g/mol. The fourth-order valence-electron chi connectivity index (χ4n) is 2.79. The van der Waals surface area contributed by atoms with Gasteiger partial charge in [0.1, 0.15) is 12.4 Å². The van der Waals surface area contributed by atoms with E-state index in [0.717, 1.165) is 41.0 Å². The number of hydrogen-bond donors (Lipinski definition) is 1. The molecule has 1 amide bonds. The summed E-state index contributed by atoms with van der Waals surface area (Å²) < 4.78 is 11.2. The van der Waals surface area contributed by atoms with Gasteiger partial charge in [-0.05, 0) is 31.0 Å². The Morgan fingerprint density at radius 1 is 1.30 bits per heavy atom. The van der Waals surface area contributed by atoms with Crippen LogP contribution < -0.4 is 10.2 Å². The Hall–Kier alpha value is -1.89. The number of benzene rings is 1. The van der Waals surface area contributed by atoms with E-state index < -0.39 is 0 Å². The van der Waals surface area contributed by atoms with Crippen molar-refractivity contribution in [2.75, 3.05) is 6.61 Å². The standard InChI is InChI=1S/C17H17NO4S/c19-17(18-22-15-7-3-4-8-20-15)14-9-11-10-21-13-6-2-1-5-12(13)16(11)23-14/h1-2,5-6,9,15H,3-4,7-8,10H2,(H,18,19)/t15-/m0/s1. The van der Waals surface area contributed by atoms with Crippen LogP contribution in [-0.2, 0) is 16.2 Å². The molecule has 2 aromatic rings. The summed E-state index contributed by atoms with van der Waals surface area (Å²) in [6.45, 7) is 1.17. The van der Waals surface area contributed by atoms with Crippen molar-refractivity contribution in [1.29, 1.82) is 0 Å².